The van der Waals surface area contributed by atoms with Crippen LogP contribution in [-0.4, -0.2) is 26.5 Å². The third-order valence-electron chi connectivity index (χ3n) is 3.14. The van der Waals surface area contributed by atoms with Gasteiger partial charge >= 0.3 is 16.1 Å². The summed E-state index contributed by atoms with van der Waals surface area (Å²) >= 11 is 5.83. The number of aliphatic imine (C=N–C) groups is 1. The summed E-state index contributed by atoms with van der Waals surface area (Å²) in [6.07, 6.45) is 2.50. The monoisotopic (exact) mass is 377 g/mol. The van der Waals surface area contributed by atoms with Crippen LogP contribution in [0.2, 0.25) is 5.02 Å². The lowest BCUT2D eigenvalue weighted by atomic mass is 10.2. The van der Waals surface area contributed by atoms with E-state index in [-0.39, 0.29) is 17.3 Å². The number of carbonyl (C=O) groups is 1. The molecule has 0 amide bonds. The van der Waals surface area contributed by atoms with E-state index >= 15 is 0 Å². The molecule has 0 radical (unpaired) electrons. The zero-order valence-electron chi connectivity index (χ0n) is 13.0. The second kappa shape index (κ2) is 6.70. The molecule has 1 aliphatic rings. The molecule has 1 aliphatic heterocycles. The maximum Gasteiger partial charge on any atom is 0.363 e. The number of carbonyl (C=O) groups excluding carboxylic acids is 1. The van der Waals surface area contributed by atoms with Gasteiger partial charge in [0.25, 0.3) is 0 Å². The van der Waals surface area contributed by atoms with E-state index in [9.17, 15) is 13.2 Å². The Morgan fingerprint density at radius 2 is 1.72 bits per heavy atom. The van der Waals surface area contributed by atoms with Crippen molar-refractivity contribution >= 4 is 39.7 Å². The average molecular weight is 378 g/mol. The van der Waals surface area contributed by atoms with Gasteiger partial charge in [-0.05, 0) is 48.0 Å². The predicted octanol–water partition coefficient (Wildman–Crippen LogP) is 3.02. The van der Waals surface area contributed by atoms with E-state index in [0.29, 0.717) is 16.1 Å². The molecular weight excluding hydrogens is 366 g/mol. The molecule has 128 valence electrons. The minimum atomic E-state index is -3.58. The summed E-state index contributed by atoms with van der Waals surface area (Å²) in [5, 5.41) is 0.570. The molecule has 0 aromatic heterocycles. The molecule has 0 atom stereocenters. The maximum atomic E-state index is 11.9. The summed E-state index contributed by atoms with van der Waals surface area (Å²) in [6, 6.07) is 12.9. The molecule has 2 aromatic carbocycles. The van der Waals surface area contributed by atoms with Crippen molar-refractivity contribution in [3.05, 3.63) is 70.4 Å². The third-order valence-corrected chi connectivity index (χ3v) is 3.89. The predicted molar refractivity (Wildman–Crippen MR) is 94.0 cm³/mol. The van der Waals surface area contributed by atoms with Crippen LogP contribution < -0.4 is 4.18 Å². The quantitative estimate of drug-likeness (QED) is 0.464. The molecule has 0 saturated carbocycles. The van der Waals surface area contributed by atoms with Gasteiger partial charge in [-0.15, -0.1) is 0 Å². The van der Waals surface area contributed by atoms with E-state index in [4.69, 9.17) is 20.5 Å². The fourth-order valence-corrected chi connectivity index (χ4v) is 2.66. The number of rotatable bonds is 4. The van der Waals surface area contributed by atoms with E-state index < -0.39 is 16.1 Å². The van der Waals surface area contributed by atoms with Crippen LogP contribution in [0.1, 0.15) is 11.1 Å². The zero-order chi connectivity index (χ0) is 18.0. The highest BCUT2D eigenvalue weighted by atomic mass is 35.5. The molecule has 0 unspecified atom stereocenters. The van der Waals surface area contributed by atoms with Crippen LogP contribution in [0.5, 0.6) is 5.75 Å². The fourth-order valence-electron chi connectivity index (χ4n) is 2.08. The number of hydrogen-bond donors (Lipinski definition) is 0. The molecule has 2 aromatic rings. The molecule has 1 heterocycles. The highest BCUT2D eigenvalue weighted by Crippen LogP contribution is 2.21. The minimum absolute atomic E-state index is 0.140. The van der Waals surface area contributed by atoms with E-state index in [1.165, 1.54) is 18.2 Å². The van der Waals surface area contributed by atoms with Crippen LogP contribution in [0, 0.1) is 0 Å². The summed E-state index contributed by atoms with van der Waals surface area (Å²) < 4.78 is 32.1. The Balaban J connectivity index is 1.83. The molecular formula is C17H12ClNO5S. The number of hydrogen-bond acceptors (Lipinski definition) is 6. The van der Waals surface area contributed by atoms with Gasteiger partial charge in [-0.2, -0.15) is 8.42 Å². The Labute approximate surface area is 149 Å². The second-order valence-corrected chi connectivity index (χ2v) is 7.21. The molecule has 6 nitrogen and oxygen atoms in total. The van der Waals surface area contributed by atoms with E-state index in [1.54, 1.807) is 36.4 Å². The topological polar surface area (TPSA) is 82.0 Å². The standard InChI is InChI=1S/C17H12ClNO5S/c1-25(21,22)24-14-8-2-11(3-9-14)10-15-17(20)23-16(19-15)12-4-6-13(18)7-5-12/h2-10H,1H3. The first-order valence-corrected chi connectivity index (χ1v) is 9.28. The van der Waals surface area contributed by atoms with Crippen molar-refractivity contribution in [1.29, 1.82) is 0 Å². The van der Waals surface area contributed by atoms with Crippen molar-refractivity contribution in [2.24, 2.45) is 4.99 Å². The Bertz CT molecular complexity index is 977. The van der Waals surface area contributed by atoms with Gasteiger partial charge in [0, 0.05) is 10.6 Å². The number of benzene rings is 2. The van der Waals surface area contributed by atoms with E-state index in [0.717, 1.165) is 6.26 Å². The highest BCUT2D eigenvalue weighted by Gasteiger charge is 2.24. The molecule has 0 fully saturated rings. The van der Waals surface area contributed by atoms with Crippen LogP contribution in [0.4, 0.5) is 0 Å². The van der Waals surface area contributed by atoms with Crippen molar-refractivity contribution in [1.82, 2.24) is 0 Å². The largest absolute Gasteiger partial charge is 0.402 e. The normalized spacial score (nSPS) is 15.8. The van der Waals surface area contributed by atoms with Gasteiger partial charge in [0.1, 0.15) is 5.75 Å². The Kier molecular flexibility index (Phi) is 4.61. The van der Waals surface area contributed by atoms with E-state index in [2.05, 4.69) is 4.99 Å². The Morgan fingerprint density at radius 1 is 1.08 bits per heavy atom. The Hall–Kier alpha value is -2.64. The van der Waals surface area contributed by atoms with Gasteiger partial charge in [0.05, 0.1) is 6.26 Å². The lowest BCUT2D eigenvalue weighted by Gasteiger charge is -2.02. The molecule has 3 rings (SSSR count). The maximum absolute atomic E-state index is 11.9. The molecule has 25 heavy (non-hydrogen) atoms. The van der Waals surface area contributed by atoms with Gasteiger partial charge in [-0.3, -0.25) is 0 Å². The summed E-state index contributed by atoms with van der Waals surface area (Å²) in [4.78, 5) is 16.1. The van der Waals surface area contributed by atoms with Crippen molar-refractivity contribution < 1.29 is 22.1 Å². The van der Waals surface area contributed by atoms with Gasteiger partial charge in [0.2, 0.25) is 5.90 Å². The smallest absolute Gasteiger partial charge is 0.363 e. The molecule has 0 spiro atoms. The van der Waals surface area contributed by atoms with Crippen LogP contribution in [0.15, 0.2) is 59.2 Å². The minimum Gasteiger partial charge on any atom is -0.402 e. The molecule has 0 N–H and O–H groups in total. The second-order valence-electron chi connectivity index (χ2n) is 5.20. The van der Waals surface area contributed by atoms with Crippen molar-refractivity contribution in [2.45, 2.75) is 0 Å². The lowest BCUT2D eigenvalue weighted by molar-refractivity contribution is -0.129. The number of halogens is 1. The van der Waals surface area contributed by atoms with Crippen molar-refractivity contribution in [2.75, 3.05) is 6.26 Å². The summed E-state index contributed by atoms with van der Waals surface area (Å²) in [6.45, 7) is 0. The Morgan fingerprint density at radius 3 is 2.32 bits per heavy atom. The SMILES string of the molecule is CS(=O)(=O)Oc1ccc(C=C2N=C(c3ccc(Cl)cc3)OC2=O)cc1. The lowest BCUT2D eigenvalue weighted by Crippen LogP contribution is -2.05. The van der Waals surface area contributed by atoms with Gasteiger partial charge in [-0.1, -0.05) is 23.7 Å². The summed E-state index contributed by atoms with van der Waals surface area (Å²) in [5.41, 5.74) is 1.42. The van der Waals surface area contributed by atoms with Crippen LogP contribution in [0.3, 0.4) is 0 Å². The first-order chi connectivity index (χ1) is 11.8. The van der Waals surface area contributed by atoms with E-state index in [1.807, 2.05) is 0 Å². The summed E-state index contributed by atoms with van der Waals surface area (Å²) in [7, 11) is -3.58. The number of esters is 1. The number of cyclic esters (lactones) is 1. The van der Waals surface area contributed by atoms with Gasteiger partial charge in [-0.25, -0.2) is 9.79 Å². The van der Waals surface area contributed by atoms with Crippen molar-refractivity contribution in [3.8, 4) is 5.75 Å². The molecule has 0 bridgehead atoms. The van der Waals surface area contributed by atoms with Gasteiger partial charge in [0.15, 0.2) is 5.70 Å². The zero-order valence-corrected chi connectivity index (χ0v) is 14.5. The van der Waals surface area contributed by atoms with Crippen LogP contribution >= 0.6 is 11.6 Å². The summed E-state index contributed by atoms with van der Waals surface area (Å²) in [5.74, 6) is -0.185. The van der Waals surface area contributed by atoms with Crippen LogP contribution in [0.25, 0.3) is 6.08 Å². The highest BCUT2D eigenvalue weighted by molar-refractivity contribution is 7.86. The van der Waals surface area contributed by atoms with Crippen molar-refractivity contribution in [3.63, 3.8) is 0 Å². The first-order valence-electron chi connectivity index (χ1n) is 7.08. The van der Waals surface area contributed by atoms with Crippen LogP contribution in [-0.2, 0) is 19.6 Å². The molecule has 0 aliphatic carbocycles. The number of nitrogens with zero attached hydrogens (tertiary/aromatic N) is 1. The fraction of sp³-hybridized carbons (Fsp3) is 0.0588. The number of ether oxygens (including phenoxy) is 1. The molecule has 0 saturated heterocycles. The van der Waals surface area contributed by atoms with Gasteiger partial charge < -0.3 is 8.92 Å². The molecule has 8 heteroatoms. The average Bonchev–Trinajstić information content (AvgIpc) is 2.89. The third kappa shape index (κ3) is 4.46. The first kappa shape index (κ1) is 17.2.